The van der Waals surface area contributed by atoms with Gasteiger partial charge < -0.3 is 14.4 Å². The van der Waals surface area contributed by atoms with Crippen LogP contribution in [0.25, 0.3) is 5.69 Å². The molecule has 0 atom stereocenters. The molecule has 8 nitrogen and oxygen atoms in total. The molecule has 0 radical (unpaired) electrons. The van der Waals surface area contributed by atoms with Gasteiger partial charge in [0.1, 0.15) is 11.4 Å². The quantitative estimate of drug-likeness (QED) is 0.621. The van der Waals surface area contributed by atoms with Crippen LogP contribution in [0.1, 0.15) is 33.5 Å². The van der Waals surface area contributed by atoms with Crippen molar-refractivity contribution in [2.24, 2.45) is 0 Å². The van der Waals surface area contributed by atoms with Gasteiger partial charge in [0, 0.05) is 30.2 Å². The summed E-state index contributed by atoms with van der Waals surface area (Å²) in [5, 5.41) is 4.46. The largest absolute Gasteiger partial charge is 0.497 e. The predicted molar refractivity (Wildman–Crippen MR) is 106 cm³/mol. The summed E-state index contributed by atoms with van der Waals surface area (Å²) in [6, 6.07) is 10.7. The molecule has 1 amide bonds. The van der Waals surface area contributed by atoms with Crippen molar-refractivity contribution in [3.63, 3.8) is 0 Å². The van der Waals surface area contributed by atoms with Crippen molar-refractivity contribution in [1.82, 2.24) is 14.8 Å². The number of benzene rings is 1. The van der Waals surface area contributed by atoms with Gasteiger partial charge in [0.05, 0.1) is 19.4 Å². The topological polar surface area (TPSA) is 86.5 Å². The lowest BCUT2D eigenvalue weighted by Gasteiger charge is -2.27. The summed E-state index contributed by atoms with van der Waals surface area (Å²) in [4.78, 5) is 31.5. The van der Waals surface area contributed by atoms with Gasteiger partial charge in [0.2, 0.25) is 0 Å². The summed E-state index contributed by atoms with van der Waals surface area (Å²) >= 11 is 0. The van der Waals surface area contributed by atoms with Gasteiger partial charge in [-0.25, -0.2) is 9.48 Å². The fourth-order valence-corrected chi connectivity index (χ4v) is 3.40. The predicted octanol–water partition coefficient (Wildman–Crippen LogP) is 2.66. The molecule has 0 spiro atoms. The van der Waals surface area contributed by atoms with Crippen molar-refractivity contribution in [2.75, 3.05) is 25.2 Å². The molecule has 3 aromatic rings. The number of ether oxygens (including phenoxy) is 2. The number of methoxy groups -OCH3 is 1. The van der Waals surface area contributed by atoms with E-state index < -0.39 is 5.97 Å². The van der Waals surface area contributed by atoms with E-state index in [1.807, 2.05) is 0 Å². The molecule has 148 valence electrons. The lowest BCUT2D eigenvalue weighted by Crippen LogP contribution is -2.39. The summed E-state index contributed by atoms with van der Waals surface area (Å²) < 4.78 is 11.9. The lowest BCUT2D eigenvalue weighted by atomic mass is 10.0. The van der Waals surface area contributed by atoms with Gasteiger partial charge in [-0.15, -0.1) is 0 Å². The van der Waals surface area contributed by atoms with Crippen LogP contribution in [0, 0.1) is 0 Å². The van der Waals surface area contributed by atoms with Gasteiger partial charge in [-0.1, -0.05) is 0 Å². The van der Waals surface area contributed by atoms with Crippen molar-refractivity contribution in [2.45, 2.75) is 13.3 Å². The van der Waals surface area contributed by atoms with Gasteiger partial charge in [-0.2, -0.15) is 5.10 Å². The molecule has 0 saturated heterocycles. The van der Waals surface area contributed by atoms with E-state index in [9.17, 15) is 9.59 Å². The molecule has 1 aliphatic rings. The highest BCUT2D eigenvalue weighted by molar-refractivity contribution is 6.09. The zero-order chi connectivity index (χ0) is 20.4. The van der Waals surface area contributed by atoms with Crippen molar-refractivity contribution in [1.29, 1.82) is 0 Å². The monoisotopic (exact) mass is 392 g/mol. The highest BCUT2D eigenvalue weighted by Crippen LogP contribution is 2.29. The number of anilines is 1. The van der Waals surface area contributed by atoms with E-state index >= 15 is 0 Å². The highest BCUT2D eigenvalue weighted by Gasteiger charge is 2.35. The number of nitrogens with zero attached hydrogens (tertiary/aromatic N) is 4. The number of carbonyl (C=O) groups excluding carboxylic acids is 2. The molecule has 0 fully saturated rings. The number of esters is 1. The zero-order valence-electron chi connectivity index (χ0n) is 16.2. The molecule has 0 bridgehead atoms. The van der Waals surface area contributed by atoms with Crippen molar-refractivity contribution in [3.8, 4) is 11.4 Å². The van der Waals surface area contributed by atoms with Crippen LogP contribution in [0.4, 0.5) is 5.69 Å². The average molecular weight is 392 g/mol. The standard InChI is InChI=1S/C21H20N4O4/c1-3-29-21(27)18-17-10-13-24(14-8-11-22-12-9-14)20(26)19(17)25(23-18)15-4-6-16(28-2)7-5-15/h4-9,11-12H,3,10,13H2,1-2H3. The van der Waals surface area contributed by atoms with Crippen LogP contribution < -0.4 is 9.64 Å². The third-order valence-corrected chi connectivity index (χ3v) is 4.78. The molecular weight excluding hydrogens is 372 g/mol. The van der Waals surface area contributed by atoms with Gasteiger partial charge in [-0.05, 0) is 49.7 Å². The Kier molecular flexibility index (Phi) is 4.99. The number of rotatable bonds is 5. The van der Waals surface area contributed by atoms with Crippen molar-refractivity contribution >= 4 is 17.6 Å². The summed E-state index contributed by atoms with van der Waals surface area (Å²) in [6.45, 7) is 2.41. The molecule has 1 aromatic carbocycles. The molecule has 29 heavy (non-hydrogen) atoms. The third-order valence-electron chi connectivity index (χ3n) is 4.78. The molecule has 2 aromatic heterocycles. The number of pyridine rings is 1. The first-order chi connectivity index (χ1) is 14.1. The Balaban J connectivity index is 1.83. The second-order valence-electron chi connectivity index (χ2n) is 6.42. The van der Waals surface area contributed by atoms with E-state index in [-0.39, 0.29) is 18.2 Å². The molecule has 4 rings (SSSR count). The SMILES string of the molecule is CCOC(=O)c1nn(-c2ccc(OC)cc2)c2c1CCN(c1ccncc1)C2=O. The van der Waals surface area contributed by atoms with E-state index in [0.29, 0.717) is 35.7 Å². The van der Waals surface area contributed by atoms with Crippen molar-refractivity contribution in [3.05, 3.63) is 65.7 Å². The first-order valence-corrected chi connectivity index (χ1v) is 9.29. The Bertz CT molecular complexity index is 1040. The fourth-order valence-electron chi connectivity index (χ4n) is 3.40. The van der Waals surface area contributed by atoms with Crippen LogP contribution >= 0.6 is 0 Å². The normalized spacial score (nSPS) is 13.2. The molecule has 8 heteroatoms. The second-order valence-corrected chi connectivity index (χ2v) is 6.42. The van der Waals surface area contributed by atoms with E-state index in [1.165, 1.54) is 4.68 Å². The molecule has 0 aliphatic carbocycles. The summed E-state index contributed by atoms with van der Waals surface area (Å²) in [5.74, 6) is -0.0670. The van der Waals surface area contributed by atoms with Crippen molar-refractivity contribution < 1.29 is 19.1 Å². The lowest BCUT2D eigenvalue weighted by molar-refractivity contribution is 0.0517. The van der Waals surface area contributed by atoms with E-state index in [0.717, 1.165) is 5.69 Å². The maximum Gasteiger partial charge on any atom is 0.359 e. The second kappa shape index (κ2) is 7.75. The third kappa shape index (κ3) is 3.33. The Labute approximate surface area is 167 Å². The number of hydrogen-bond acceptors (Lipinski definition) is 6. The number of fused-ring (bicyclic) bond motifs is 1. The first kappa shape index (κ1) is 18.7. The smallest absolute Gasteiger partial charge is 0.359 e. The zero-order valence-corrected chi connectivity index (χ0v) is 16.2. The number of carbonyl (C=O) groups is 2. The molecule has 3 heterocycles. The number of amides is 1. The van der Waals surface area contributed by atoms with Gasteiger partial charge in [-0.3, -0.25) is 9.78 Å². The van der Waals surface area contributed by atoms with Crippen LogP contribution in [-0.4, -0.2) is 46.9 Å². The number of aromatic nitrogens is 3. The van der Waals surface area contributed by atoms with Gasteiger partial charge in [0.25, 0.3) is 5.91 Å². The molecular formula is C21H20N4O4. The Morgan fingerprint density at radius 3 is 2.48 bits per heavy atom. The molecule has 0 saturated carbocycles. The Hall–Kier alpha value is -3.68. The van der Waals surface area contributed by atoms with Crippen LogP contribution in [0.3, 0.4) is 0 Å². The fraction of sp³-hybridized carbons (Fsp3) is 0.238. The van der Waals surface area contributed by atoms with Crippen LogP contribution in [0.5, 0.6) is 5.75 Å². The molecule has 0 unspecified atom stereocenters. The van der Waals surface area contributed by atoms with E-state index in [1.54, 1.807) is 67.7 Å². The average Bonchev–Trinajstić information content (AvgIpc) is 3.15. The van der Waals surface area contributed by atoms with Crippen LogP contribution in [0.2, 0.25) is 0 Å². The van der Waals surface area contributed by atoms with Gasteiger partial charge >= 0.3 is 5.97 Å². The molecule has 1 aliphatic heterocycles. The van der Waals surface area contributed by atoms with Crippen LogP contribution in [0.15, 0.2) is 48.8 Å². The minimum absolute atomic E-state index is 0.181. The highest BCUT2D eigenvalue weighted by atomic mass is 16.5. The maximum absolute atomic E-state index is 13.4. The summed E-state index contributed by atoms with van der Waals surface area (Å²) in [5.41, 5.74) is 2.55. The van der Waals surface area contributed by atoms with Gasteiger partial charge in [0.15, 0.2) is 5.69 Å². The number of hydrogen-bond donors (Lipinski definition) is 0. The first-order valence-electron chi connectivity index (χ1n) is 9.29. The Morgan fingerprint density at radius 2 is 1.83 bits per heavy atom. The minimum atomic E-state index is -0.527. The summed E-state index contributed by atoms with van der Waals surface area (Å²) in [6.07, 6.45) is 3.78. The molecule has 0 N–H and O–H groups in total. The summed E-state index contributed by atoms with van der Waals surface area (Å²) in [7, 11) is 1.58. The Morgan fingerprint density at radius 1 is 1.10 bits per heavy atom. The van der Waals surface area contributed by atoms with E-state index in [4.69, 9.17) is 9.47 Å². The van der Waals surface area contributed by atoms with E-state index in [2.05, 4.69) is 10.1 Å². The maximum atomic E-state index is 13.4. The minimum Gasteiger partial charge on any atom is -0.497 e. The van der Waals surface area contributed by atoms with Crippen LogP contribution in [-0.2, 0) is 11.2 Å².